The van der Waals surface area contributed by atoms with E-state index in [0.29, 0.717) is 30.0 Å². The van der Waals surface area contributed by atoms with E-state index in [1.807, 2.05) is 67.8 Å². The molecule has 29 heavy (non-hydrogen) atoms. The number of aryl methyl sites for hydroxylation is 2. The van der Waals surface area contributed by atoms with Gasteiger partial charge in [-0.1, -0.05) is 35.5 Å². The number of nitrogens with zero attached hydrogens (tertiary/aromatic N) is 2. The summed E-state index contributed by atoms with van der Waals surface area (Å²) in [4.78, 5) is 24.0. The van der Waals surface area contributed by atoms with E-state index in [-0.39, 0.29) is 18.4 Å². The van der Waals surface area contributed by atoms with Crippen molar-refractivity contribution in [3.05, 3.63) is 70.7 Å². The highest BCUT2D eigenvalue weighted by molar-refractivity contribution is 5.96. The van der Waals surface area contributed by atoms with E-state index in [4.69, 9.17) is 9.63 Å². The van der Waals surface area contributed by atoms with Crippen LogP contribution in [-0.4, -0.2) is 32.7 Å². The topological polar surface area (TPSA) is 97.4 Å². The Morgan fingerprint density at radius 3 is 2.52 bits per heavy atom. The van der Waals surface area contributed by atoms with Gasteiger partial charge in [-0.15, -0.1) is 0 Å². The van der Waals surface area contributed by atoms with Crippen LogP contribution in [0.2, 0.25) is 0 Å². The van der Waals surface area contributed by atoms with E-state index in [9.17, 15) is 9.59 Å². The highest BCUT2D eigenvalue weighted by Crippen LogP contribution is 2.21. The molecule has 2 heterocycles. The maximum atomic E-state index is 13.0. The lowest BCUT2D eigenvalue weighted by atomic mass is 10.0. The number of hydrogen-bond donors (Lipinski definition) is 2. The number of carbonyl (C=O) groups excluding carboxylic acids is 1. The fourth-order valence-corrected chi connectivity index (χ4v) is 3.49. The van der Waals surface area contributed by atoms with Gasteiger partial charge >= 0.3 is 5.97 Å². The summed E-state index contributed by atoms with van der Waals surface area (Å²) in [5.74, 6) is 0.214. The predicted octanol–water partition coefficient (Wildman–Crippen LogP) is 3.60. The molecule has 2 N–H and O–H groups in total. The number of carboxylic acid groups (broad SMARTS) is 1. The van der Waals surface area contributed by atoms with Crippen LogP contribution in [-0.2, 0) is 11.2 Å². The zero-order chi connectivity index (χ0) is 21.0. The van der Waals surface area contributed by atoms with Gasteiger partial charge in [0, 0.05) is 29.9 Å². The molecule has 0 saturated carbocycles. The monoisotopic (exact) mass is 395 g/mol. The molecule has 7 heteroatoms. The van der Waals surface area contributed by atoms with Crippen molar-refractivity contribution in [3.63, 3.8) is 0 Å². The van der Waals surface area contributed by atoms with Crippen molar-refractivity contribution in [1.29, 1.82) is 0 Å². The Balaban J connectivity index is 1.81. The summed E-state index contributed by atoms with van der Waals surface area (Å²) in [5.41, 5.74) is 3.21. The summed E-state index contributed by atoms with van der Waals surface area (Å²) >= 11 is 0. The molecule has 2 aromatic heterocycles. The maximum absolute atomic E-state index is 13.0. The molecule has 1 atom stereocenters. The van der Waals surface area contributed by atoms with Crippen molar-refractivity contribution in [2.75, 3.05) is 0 Å². The largest absolute Gasteiger partial charge is 0.481 e. The van der Waals surface area contributed by atoms with E-state index in [0.717, 1.165) is 17.0 Å². The van der Waals surface area contributed by atoms with Crippen LogP contribution in [0.4, 0.5) is 0 Å². The fraction of sp³-hybridized carbons (Fsp3) is 0.318. The third-order valence-electron chi connectivity index (χ3n) is 4.89. The zero-order valence-corrected chi connectivity index (χ0v) is 16.8. The van der Waals surface area contributed by atoms with Crippen LogP contribution in [0.5, 0.6) is 0 Å². The third-order valence-corrected chi connectivity index (χ3v) is 4.89. The Morgan fingerprint density at radius 1 is 1.17 bits per heavy atom. The summed E-state index contributed by atoms with van der Waals surface area (Å²) < 4.78 is 7.03. The molecule has 1 unspecified atom stereocenters. The van der Waals surface area contributed by atoms with Crippen molar-refractivity contribution < 1.29 is 19.2 Å². The van der Waals surface area contributed by atoms with E-state index >= 15 is 0 Å². The second-order valence-electron chi connectivity index (χ2n) is 7.21. The third kappa shape index (κ3) is 4.93. The molecule has 1 amide bonds. The molecule has 0 fully saturated rings. The fourth-order valence-electron chi connectivity index (χ4n) is 3.49. The number of rotatable bonds is 8. The van der Waals surface area contributed by atoms with Crippen molar-refractivity contribution in [3.8, 4) is 5.82 Å². The molecule has 0 spiro atoms. The van der Waals surface area contributed by atoms with Crippen LogP contribution in [0.3, 0.4) is 0 Å². The molecule has 3 rings (SSSR count). The van der Waals surface area contributed by atoms with Gasteiger partial charge in [0.1, 0.15) is 5.76 Å². The molecule has 0 aliphatic rings. The van der Waals surface area contributed by atoms with E-state index in [1.165, 1.54) is 0 Å². The van der Waals surface area contributed by atoms with E-state index in [1.54, 1.807) is 0 Å². The summed E-state index contributed by atoms with van der Waals surface area (Å²) in [6.07, 6.45) is 0.924. The number of aliphatic carboxylic acids is 1. The Labute approximate surface area is 169 Å². The smallest absolute Gasteiger partial charge is 0.303 e. The van der Waals surface area contributed by atoms with Crippen LogP contribution < -0.4 is 5.32 Å². The Kier molecular flexibility index (Phi) is 6.16. The number of aromatic nitrogens is 2. The van der Waals surface area contributed by atoms with Crippen molar-refractivity contribution in [1.82, 2.24) is 15.0 Å². The molecule has 3 aromatic rings. The molecule has 0 radical (unpaired) electrons. The lowest BCUT2D eigenvalue weighted by molar-refractivity contribution is -0.137. The van der Waals surface area contributed by atoms with Gasteiger partial charge in [-0.2, -0.15) is 0 Å². The van der Waals surface area contributed by atoms with Gasteiger partial charge in [-0.25, -0.2) is 0 Å². The van der Waals surface area contributed by atoms with Gasteiger partial charge in [-0.3, -0.25) is 14.2 Å². The number of amides is 1. The molecule has 0 bridgehead atoms. The molecule has 0 aliphatic carbocycles. The minimum absolute atomic E-state index is 0.00494. The number of nitrogens with one attached hydrogen (secondary N) is 1. The first-order valence-corrected chi connectivity index (χ1v) is 9.54. The second-order valence-corrected chi connectivity index (χ2v) is 7.21. The minimum atomic E-state index is -0.878. The maximum Gasteiger partial charge on any atom is 0.303 e. The SMILES string of the molecule is Cc1cc(-n2c(C)cc(C(=O)NC(CCC(=O)O)Cc3ccccc3)c2C)no1. The summed E-state index contributed by atoms with van der Waals surface area (Å²) in [6.45, 7) is 5.57. The van der Waals surface area contributed by atoms with Crippen molar-refractivity contribution >= 4 is 11.9 Å². The van der Waals surface area contributed by atoms with E-state index in [2.05, 4.69) is 10.5 Å². The molecule has 0 saturated heterocycles. The molecule has 0 aliphatic heterocycles. The second kappa shape index (κ2) is 8.77. The highest BCUT2D eigenvalue weighted by Gasteiger charge is 2.21. The number of carbonyl (C=O) groups is 2. The average molecular weight is 395 g/mol. The number of benzene rings is 1. The first-order chi connectivity index (χ1) is 13.8. The zero-order valence-electron chi connectivity index (χ0n) is 16.8. The van der Waals surface area contributed by atoms with Gasteiger partial charge in [0.25, 0.3) is 5.91 Å². The molecular weight excluding hydrogens is 370 g/mol. The Hall–Kier alpha value is -3.35. The Bertz CT molecular complexity index is 1000. The molecule has 152 valence electrons. The standard InChI is InChI=1S/C22H25N3O4/c1-14-11-19(16(3)25(14)20-12-15(2)29-24-20)22(28)23-18(9-10-21(26)27)13-17-7-5-4-6-8-17/h4-8,11-12,18H,9-10,13H2,1-3H3,(H,23,28)(H,26,27). The van der Waals surface area contributed by atoms with Crippen LogP contribution in [0, 0.1) is 20.8 Å². The normalized spacial score (nSPS) is 12.0. The quantitative estimate of drug-likeness (QED) is 0.607. The summed E-state index contributed by atoms with van der Waals surface area (Å²) in [5, 5.41) is 16.1. The predicted molar refractivity (Wildman–Crippen MR) is 108 cm³/mol. The average Bonchev–Trinajstić information content (AvgIpc) is 3.22. The van der Waals surface area contributed by atoms with Gasteiger partial charge in [0.05, 0.1) is 5.56 Å². The van der Waals surface area contributed by atoms with Gasteiger partial charge in [0.15, 0.2) is 5.82 Å². The Morgan fingerprint density at radius 2 is 1.90 bits per heavy atom. The van der Waals surface area contributed by atoms with E-state index < -0.39 is 5.97 Å². The van der Waals surface area contributed by atoms with Crippen LogP contribution in [0.1, 0.15) is 45.9 Å². The number of hydrogen-bond acceptors (Lipinski definition) is 4. The summed E-state index contributed by atoms with van der Waals surface area (Å²) in [7, 11) is 0. The van der Waals surface area contributed by atoms with Crippen LogP contribution in [0.25, 0.3) is 5.82 Å². The number of carboxylic acids is 1. The minimum Gasteiger partial charge on any atom is -0.481 e. The van der Waals surface area contributed by atoms with Gasteiger partial charge in [-0.05, 0) is 45.2 Å². The van der Waals surface area contributed by atoms with Crippen LogP contribution >= 0.6 is 0 Å². The molecular formula is C22H25N3O4. The van der Waals surface area contributed by atoms with Crippen molar-refractivity contribution in [2.45, 2.75) is 46.1 Å². The first-order valence-electron chi connectivity index (χ1n) is 9.54. The highest BCUT2D eigenvalue weighted by atomic mass is 16.5. The lowest BCUT2D eigenvalue weighted by Crippen LogP contribution is -2.37. The van der Waals surface area contributed by atoms with Crippen LogP contribution in [0.15, 0.2) is 47.0 Å². The molecule has 1 aromatic carbocycles. The lowest BCUT2D eigenvalue weighted by Gasteiger charge is -2.18. The molecule has 7 nitrogen and oxygen atoms in total. The van der Waals surface area contributed by atoms with Crippen molar-refractivity contribution in [2.24, 2.45) is 0 Å². The first kappa shape index (κ1) is 20.4. The van der Waals surface area contributed by atoms with Gasteiger partial charge < -0.3 is 14.9 Å². The van der Waals surface area contributed by atoms with Gasteiger partial charge in [0.2, 0.25) is 0 Å². The summed E-state index contributed by atoms with van der Waals surface area (Å²) in [6, 6.07) is 13.1.